The Hall–Kier alpha value is 0.0800. The van der Waals surface area contributed by atoms with Crippen LogP contribution in [-0.4, -0.2) is 11.1 Å². The molecule has 0 saturated heterocycles. The highest BCUT2D eigenvalue weighted by Crippen LogP contribution is 2.67. The van der Waals surface area contributed by atoms with Crippen molar-refractivity contribution in [2.24, 2.45) is 5.41 Å². The van der Waals surface area contributed by atoms with Crippen LogP contribution in [0, 0.1) is 5.41 Å². The molecule has 1 fully saturated rings. The van der Waals surface area contributed by atoms with Crippen molar-refractivity contribution in [3.63, 3.8) is 0 Å². The fourth-order valence-electron chi connectivity index (χ4n) is 1.05. The normalized spacial score (nSPS) is 37.8. The van der Waals surface area contributed by atoms with Crippen LogP contribution in [0.3, 0.4) is 0 Å². The smallest absolute Gasteiger partial charge is 0.169 e. The van der Waals surface area contributed by atoms with Crippen molar-refractivity contribution in [1.29, 1.82) is 0 Å². The Bertz CT molecular complexity index is 161. The average Bonchev–Trinajstić information content (AvgIpc) is 2.05. The molecule has 1 atom stereocenters. The van der Waals surface area contributed by atoms with Gasteiger partial charge in [0.25, 0.3) is 0 Å². The summed E-state index contributed by atoms with van der Waals surface area (Å²) in [4.78, 5) is -1.94. The van der Waals surface area contributed by atoms with Crippen molar-refractivity contribution < 1.29 is 13.2 Å². The predicted molar refractivity (Wildman–Crippen MR) is 33.0 cm³/mol. The quantitative estimate of drug-likeness (QED) is 0.493. The first kappa shape index (κ1) is 8.18. The molecule has 0 radical (unpaired) electrons. The molecule has 0 aromatic carbocycles. The first-order valence-corrected chi connectivity index (χ1v) is 3.34. The standard InChI is InChI=1S/C6H8ClF3/c1-4(2)3-5(4,7)6(8,9)10/h3H2,1-2H3/t5-/m1/s1. The predicted octanol–water partition coefficient (Wildman–Crippen LogP) is 2.96. The lowest BCUT2D eigenvalue weighted by Crippen LogP contribution is -2.29. The maximum atomic E-state index is 12.0. The van der Waals surface area contributed by atoms with E-state index in [4.69, 9.17) is 11.6 Å². The van der Waals surface area contributed by atoms with Gasteiger partial charge in [0.2, 0.25) is 0 Å². The van der Waals surface area contributed by atoms with Gasteiger partial charge >= 0.3 is 6.18 Å². The fraction of sp³-hybridized carbons (Fsp3) is 1.00. The highest BCUT2D eigenvalue weighted by Gasteiger charge is 2.74. The van der Waals surface area contributed by atoms with E-state index in [1.54, 1.807) is 0 Å². The third-order valence-corrected chi connectivity index (χ3v) is 2.94. The van der Waals surface area contributed by atoms with Crippen molar-refractivity contribution in [3.05, 3.63) is 0 Å². The molecule has 1 saturated carbocycles. The molecule has 60 valence electrons. The number of hydrogen-bond donors (Lipinski definition) is 0. The summed E-state index contributed by atoms with van der Waals surface area (Å²) in [5.74, 6) is 0. The first-order chi connectivity index (χ1) is 4.21. The van der Waals surface area contributed by atoms with Gasteiger partial charge in [-0.15, -0.1) is 11.6 Å². The summed E-state index contributed by atoms with van der Waals surface area (Å²) in [7, 11) is 0. The van der Waals surface area contributed by atoms with Crippen molar-refractivity contribution >= 4 is 11.6 Å². The van der Waals surface area contributed by atoms with E-state index in [2.05, 4.69) is 0 Å². The monoisotopic (exact) mass is 172 g/mol. The summed E-state index contributed by atoms with van der Waals surface area (Å²) < 4.78 is 36.0. The van der Waals surface area contributed by atoms with Gasteiger partial charge in [0.05, 0.1) is 0 Å². The van der Waals surface area contributed by atoms with Crippen LogP contribution in [-0.2, 0) is 0 Å². The Morgan fingerprint density at radius 2 is 1.60 bits per heavy atom. The minimum absolute atomic E-state index is 0.0328. The summed E-state index contributed by atoms with van der Waals surface area (Å²) in [6.45, 7) is 3.04. The van der Waals surface area contributed by atoms with Gasteiger partial charge in [-0.3, -0.25) is 0 Å². The van der Waals surface area contributed by atoms with Crippen LogP contribution in [0.4, 0.5) is 13.2 Å². The molecule has 0 amide bonds. The molecule has 10 heavy (non-hydrogen) atoms. The van der Waals surface area contributed by atoms with Crippen LogP contribution in [0.15, 0.2) is 0 Å². The third-order valence-electron chi connectivity index (χ3n) is 2.08. The molecular weight excluding hydrogens is 165 g/mol. The van der Waals surface area contributed by atoms with E-state index in [1.165, 1.54) is 13.8 Å². The van der Waals surface area contributed by atoms with Crippen LogP contribution in [0.2, 0.25) is 0 Å². The van der Waals surface area contributed by atoms with Crippen molar-refractivity contribution in [2.45, 2.75) is 31.3 Å². The van der Waals surface area contributed by atoms with Crippen LogP contribution in [0.5, 0.6) is 0 Å². The van der Waals surface area contributed by atoms with Gasteiger partial charge in [-0.05, 0) is 11.8 Å². The van der Waals surface area contributed by atoms with E-state index in [0.717, 1.165) is 0 Å². The molecule has 1 aliphatic carbocycles. The Labute approximate surface area is 62.4 Å². The zero-order valence-electron chi connectivity index (χ0n) is 5.72. The summed E-state index contributed by atoms with van der Waals surface area (Å²) in [6.07, 6.45) is -4.22. The third kappa shape index (κ3) is 0.831. The van der Waals surface area contributed by atoms with E-state index >= 15 is 0 Å². The molecule has 0 unspecified atom stereocenters. The lowest BCUT2D eigenvalue weighted by Gasteiger charge is -2.15. The van der Waals surface area contributed by atoms with Gasteiger partial charge in [-0.2, -0.15) is 13.2 Å². The largest absolute Gasteiger partial charge is 0.408 e. The van der Waals surface area contributed by atoms with E-state index < -0.39 is 16.5 Å². The molecule has 0 spiro atoms. The van der Waals surface area contributed by atoms with E-state index in [-0.39, 0.29) is 6.42 Å². The summed E-state index contributed by atoms with van der Waals surface area (Å²) in [5.41, 5.74) is -0.771. The zero-order valence-corrected chi connectivity index (χ0v) is 6.47. The van der Waals surface area contributed by atoms with Crippen LogP contribution < -0.4 is 0 Å². The first-order valence-electron chi connectivity index (χ1n) is 2.96. The van der Waals surface area contributed by atoms with Gasteiger partial charge in [0.15, 0.2) is 0 Å². The minimum atomic E-state index is -4.25. The summed E-state index contributed by atoms with van der Waals surface area (Å²) in [6, 6.07) is 0. The second kappa shape index (κ2) is 1.63. The molecule has 0 heterocycles. The number of alkyl halides is 4. The number of halogens is 4. The van der Waals surface area contributed by atoms with Gasteiger partial charge in [-0.1, -0.05) is 13.8 Å². The summed E-state index contributed by atoms with van der Waals surface area (Å²) in [5, 5.41) is 0. The van der Waals surface area contributed by atoms with Crippen molar-refractivity contribution in [1.82, 2.24) is 0 Å². The molecule has 0 aromatic heterocycles. The molecule has 0 nitrogen and oxygen atoms in total. The lowest BCUT2D eigenvalue weighted by molar-refractivity contribution is -0.144. The molecule has 0 aliphatic heterocycles. The zero-order chi connectivity index (χ0) is 8.21. The minimum Gasteiger partial charge on any atom is -0.169 e. The Kier molecular flexibility index (Phi) is 1.33. The molecule has 0 bridgehead atoms. The van der Waals surface area contributed by atoms with E-state index in [9.17, 15) is 13.2 Å². The van der Waals surface area contributed by atoms with Gasteiger partial charge < -0.3 is 0 Å². The van der Waals surface area contributed by atoms with Gasteiger partial charge in [0.1, 0.15) is 4.87 Å². The number of hydrogen-bond acceptors (Lipinski definition) is 0. The van der Waals surface area contributed by atoms with Crippen molar-refractivity contribution in [2.75, 3.05) is 0 Å². The molecule has 1 aliphatic rings. The summed E-state index contributed by atoms with van der Waals surface area (Å²) >= 11 is 5.29. The fourth-order valence-corrected chi connectivity index (χ4v) is 1.38. The maximum Gasteiger partial charge on any atom is 0.408 e. The topological polar surface area (TPSA) is 0 Å². The molecule has 1 rings (SSSR count). The molecule has 0 N–H and O–H groups in total. The highest BCUT2D eigenvalue weighted by atomic mass is 35.5. The maximum absolute atomic E-state index is 12.0. The van der Waals surface area contributed by atoms with Crippen LogP contribution in [0.1, 0.15) is 20.3 Å². The Balaban J connectivity index is 2.78. The molecular formula is C6H8ClF3. The average molecular weight is 173 g/mol. The van der Waals surface area contributed by atoms with Crippen molar-refractivity contribution in [3.8, 4) is 0 Å². The highest BCUT2D eigenvalue weighted by molar-refractivity contribution is 6.27. The SMILES string of the molecule is CC1(C)C[C@]1(Cl)C(F)(F)F. The lowest BCUT2D eigenvalue weighted by atomic mass is 10.1. The Morgan fingerprint density at radius 1 is 1.30 bits per heavy atom. The number of rotatable bonds is 0. The van der Waals surface area contributed by atoms with E-state index in [0.29, 0.717) is 0 Å². The van der Waals surface area contributed by atoms with E-state index in [1.807, 2.05) is 0 Å². The molecule has 0 aromatic rings. The molecule has 4 heteroatoms. The van der Waals surface area contributed by atoms with Gasteiger partial charge in [0, 0.05) is 0 Å². The van der Waals surface area contributed by atoms with Gasteiger partial charge in [-0.25, -0.2) is 0 Å². The Morgan fingerprint density at radius 3 is 1.60 bits per heavy atom. The second-order valence-electron chi connectivity index (χ2n) is 3.36. The van der Waals surface area contributed by atoms with Crippen LogP contribution >= 0.6 is 11.6 Å². The van der Waals surface area contributed by atoms with Crippen LogP contribution in [0.25, 0.3) is 0 Å². The second-order valence-corrected chi connectivity index (χ2v) is 4.00.